The van der Waals surface area contributed by atoms with Crippen LogP contribution in [0.3, 0.4) is 0 Å². The molecule has 0 aliphatic heterocycles. The van der Waals surface area contributed by atoms with Crippen molar-refractivity contribution in [1.29, 1.82) is 0 Å². The third-order valence-electron chi connectivity index (χ3n) is 7.33. The Morgan fingerprint density at radius 2 is 1.67 bits per heavy atom. The number of aldehydes is 1. The molecule has 0 radical (unpaired) electrons. The molecule has 2 aromatic rings. The number of benzene rings is 2. The van der Waals surface area contributed by atoms with Crippen LogP contribution in [0.4, 0.5) is 0 Å². The number of amides is 3. The van der Waals surface area contributed by atoms with E-state index in [0.717, 1.165) is 35.6 Å². The van der Waals surface area contributed by atoms with Gasteiger partial charge in [-0.2, -0.15) is 0 Å². The van der Waals surface area contributed by atoms with E-state index in [1.54, 1.807) is 0 Å². The first kappa shape index (κ1) is 30.0. The van der Waals surface area contributed by atoms with Crippen LogP contribution in [0.2, 0.25) is 0 Å². The van der Waals surface area contributed by atoms with Crippen LogP contribution in [0, 0.1) is 11.8 Å². The largest absolute Gasteiger partial charge is 0.345 e. The highest BCUT2D eigenvalue weighted by molar-refractivity contribution is 5.93. The first-order chi connectivity index (χ1) is 18.7. The van der Waals surface area contributed by atoms with Gasteiger partial charge in [0, 0.05) is 19.3 Å². The number of Topliss-reactive ketones (excluding diaryl/α,β-unsaturated/α-hetero) is 1. The quantitative estimate of drug-likeness (QED) is 0.338. The second-order valence-electron chi connectivity index (χ2n) is 11.0. The van der Waals surface area contributed by atoms with Crippen molar-refractivity contribution in [3.05, 3.63) is 48.0 Å². The van der Waals surface area contributed by atoms with Gasteiger partial charge in [0.1, 0.15) is 24.2 Å². The van der Waals surface area contributed by atoms with Gasteiger partial charge < -0.3 is 20.7 Å². The summed E-state index contributed by atoms with van der Waals surface area (Å²) >= 11 is 0. The van der Waals surface area contributed by atoms with E-state index in [1.165, 1.54) is 6.92 Å². The lowest BCUT2D eigenvalue weighted by Crippen LogP contribution is -2.55. The lowest BCUT2D eigenvalue weighted by Gasteiger charge is -2.27. The minimum atomic E-state index is -0.879. The molecule has 1 fully saturated rings. The first-order valence-electron chi connectivity index (χ1n) is 14.0. The third kappa shape index (κ3) is 9.01. The molecular formula is C31H41N3O5. The van der Waals surface area contributed by atoms with Crippen molar-refractivity contribution in [2.75, 3.05) is 0 Å². The summed E-state index contributed by atoms with van der Waals surface area (Å²) in [5.41, 5.74) is 1.07. The fourth-order valence-electron chi connectivity index (χ4n) is 5.34. The normalized spacial score (nSPS) is 17.7. The van der Waals surface area contributed by atoms with E-state index in [-0.39, 0.29) is 29.9 Å². The highest BCUT2D eigenvalue weighted by Crippen LogP contribution is 2.24. The Hall–Kier alpha value is -3.55. The monoisotopic (exact) mass is 535 g/mol. The molecule has 3 amide bonds. The number of nitrogens with one attached hydrogen (secondary N) is 3. The Labute approximate surface area is 230 Å². The second kappa shape index (κ2) is 14.6. The van der Waals surface area contributed by atoms with Crippen LogP contribution >= 0.6 is 0 Å². The van der Waals surface area contributed by atoms with Crippen LogP contribution in [-0.4, -0.2) is 47.9 Å². The highest BCUT2D eigenvalue weighted by atomic mass is 16.2. The number of carbonyl (C=O) groups is 5. The average molecular weight is 536 g/mol. The van der Waals surface area contributed by atoms with Crippen LogP contribution in [0.25, 0.3) is 10.8 Å². The number of fused-ring (bicyclic) bond motifs is 1. The topological polar surface area (TPSA) is 121 Å². The summed E-state index contributed by atoms with van der Waals surface area (Å²) in [5.74, 6) is -1.25. The van der Waals surface area contributed by atoms with Crippen LogP contribution < -0.4 is 16.0 Å². The number of carbonyl (C=O) groups excluding carboxylic acids is 5. The van der Waals surface area contributed by atoms with Gasteiger partial charge in [0.2, 0.25) is 17.7 Å². The lowest BCUT2D eigenvalue weighted by molar-refractivity contribution is -0.133. The van der Waals surface area contributed by atoms with Gasteiger partial charge in [0.15, 0.2) is 0 Å². The minimum Gasteiger partial charge on any atom is -0.345 e. The van der Waals surface area contributed by atoms with Crippen molar-refractivity contribution in [3.63, 3.8) is 0 Å². The summed E-state index contributed by atoms with van der Waals surface area (Å²) in [6.45, 7) is 5.24. The molecular weight excluding hydrogens is 494 g/mol. The highest BCUT2D eigenvalue weighted by Gasteiger charge is 2.30. The summed E-state index contributed by atoms with van der Waals surface area (Å²) < 4.78 is 0. The molecule has 8 heteroatoms. The van der Waals surface area contributed by atoms with Gasteiger partial charge in [-0.05, 0) is 60.8 Å². The van der Waals surface area contributed by atoms with Crippen LogP contribution in [0.1, 0.15) is 71.3 Å². The van der Waals surface area contributed by atoms with Gasteiger partial charge in [0.05, 0.1) is 6.04 Å². The Kier molecular flexibility index (Phi) is 11.2. The van der Waals surface area contributed by atoms with E-state index in [9.17, 15) is 24.0 Å². The molecule has 0 aromatic heterocycles. The van der Waals surface area contributed by atoms with Gasteiger partial charge in [-0.3, -0.25) is 19.2 Å². The number of hydrogen-bond donors (Lipinski definition) is 3. The average Bonchev–Trinajstić information content (AvgIpc) is 2.90. The predicted octanol–water partition coefficient (Wildman–Crippen LogP) is 3.64. The minimum absolute atomic E-state index is 0.0885. The zero-order valence-electron chi connectivity index (χ0n) is 23.2. The van der Waals surface area contributed by atoms with E-state index in [4.69, 9.17) is 0 Å². The van der Waals surface area contributed by atoms with Crippen molar-refractivity contribution >= 4 is 40.6 Å². The molecule has 0 unspecified atom stereocenters. The van der Waals surface area contributed by atoms with Crippen molar-refractivity contribution < 1.29 is 24.0 Å². The van der Waals surface area contributed by atoms with E-state index in [1.807, 2.05) is 56.3 Å². The fraction of sp³-hybridized carbons (Fsp3) is 0.516. The van der Waals surface area contributed by atoms with Crippen molar-refractivity contribution in [2.45, 2.75) is 90.3 Å². The van der Waals surface area contributed by atoms with Gasteiger partial charge in [-0.1, -0.05) is 62.7 Å². The van der Waals surface area contributed by atoms with Crippen LogP contribution in [0.15, 0.2) is 42.5 Å². The fourth-order valence-corrected chi connectivity index (χ4v) is 5.34. The molecule has 1 saturated carbocycles. The van der Waals surface area contributed by atoms with Crippen LogP contribution in [-0.2, 0) is 30.4 Å². The zero-order chi connectivity index (χ0) is 28.4. The molecule has 3 N–H and O–H groups in total. The molecule has 210 valence electrons. The Bertz CT molecular complexity index is 1170. The molecule has 3 rings (SSSR count). The van der Waals surface area contributed by atoms with Gasteiger partial charge in [0.25, 0.3) is 0 Å². The molecule has 0 saturated heterocycles. The third-order valence-corrected chi connectivity index (χ3v) is 7.33. The summed E-state index contributed by atoms with van der Waals surface area (Å²) in [6.07, 6.45) is 5.26. The molecule has 8 nitrogen and oxygen atoms in total. The van der Waals surface area contributed by atoms with Gasteiger partial charge >= 0.3 is 0 Å². The van der Waals surface area contributed by atoms with E-state index >= 15 is 0 Å². The molecule has 0 bridgehead atoms. The number of hydrogen-bond acceptors (Lipinski definition) is 5. The molecule has 4 atom stereocenters. The molecule has 0 spiro atoms. The molecule has 1 aliphatic rings. The smallest absolute Gasteiger partial charge is 0.243 e. The summed E-state index contributed by atoms with van der Waals surface area (Å²) in [7, 11) is 0. The van der Waals surface area contributed by atoms with Crippen LogP contribution in [0.5, 0.6) is 0 Å². The summed E-state index contributed by atoms with van der Waals surface area (Å²) in [6, 6.07) is 11.5. The maximum Gasteiger partial charge on any atom is 0.243 e. The number of rotatable bonds is 13. The second-order valence-corrected chi connectivity index (χ2v) is 11.0. The Balaban J connectivity index is 1.68. The summed E-state index contributed by atoms with van der Waals surface area (Å²) in [4.78, 5) is 62.5. The zero-order valence-corrected chi connectivity index (χ0v) is 23.2. The summed E-state index contributed by atoms with van der Waals surface area (Å²) in [5, 5.41) is 10.5. The van der Waals surface area contributed by atoms with Gasteiger partial charge in [-0.15, -0.1) is 0 Å². The maximum atomic E-state index is 13.4. The van der Waals surface area contributed by atoms with E-state index in [0.29, 0.717) is 32.0 Å². The SMILES string of the molecule is CC(=O)N[C@@H](CCc1cccc2ccccc12)C(=O)N[C@@H](CC(C)C)C(=O)N[C@H](C=O)C[C@@H]1CCCCC1=O. The maximum absolute atomic E-state index is 13.4. The van der Waals surface area contributed by atoms with Crippen molar-refractivity contribution in [2.24, 2.45) is 11.8 Å². The predicted molar refractivity (Wildman–Crippen MR) is 151 cm³/mol. The van der Waals surface area contributed by atoms with Gasteiger partial charge in [-0.25, -0.2) is 0 Å². The Morgan fingerprint density at radius 3 is 2.36 bits per heavy atom. The lowest BCUT2D eigenvalue weighted by atomic mass is 9.84. The molecule has 0 heterocycles. The van der Waals surface area contributed by atoms with E-state index < -0.39 is 29.9 Å². The first-order valence-corrected chi connectivity index (χ1v) is 14.0. The van der Waals surface area contributed by atoms with Crippen molar-refractivity contribution in [3.8, 4) is 0 Å². The molecule has 1 aliphatic carbocycles. The Morgan fingerprint density at radius 1 is 0.949 bits per heavy atom. The standard InChI is InChI=1S/C31H41N3O5/c1-20(2)17-28(31(39)33-25(19-35)18-24-10-5-7-14-29(24)37)34-30(38)27(32-21(3)36)16-15-23-12-8-11-22-9-4-6-13-26(22)23/h4,6,8-9,11-13,19-20,24-25,27-28H,5,7,10,14-18H2,1-3H3,(H,32,36)(H,33,39)(H,34,38)/t24-,25-,27-,28-/m0/s1. The van der Waals surface area contributed by atoms with E-state index in [2.05, 4.69) is 16.0 Å². The number of ketones is 1. The molecule has 2 aromatic carbocycles. The molecule has 39 heavy (non-hydrogen) atoms. The van der Waals surface area contributed by atoms with Crippen molar-refractivity contribution in [1.82, 2.24) is 16.0 Å². The number of aryl methyl sites for hydroxylation is 1.